The van der Waals surface area contributed by atoms with E-state index in [4.69, 9.17) is 4.74 Å². The highest BCUT2D eigenvalue weighted by atomic mass is 16.5. The molecule has 0 radical (unpaired) electrons. The second-order valence-corrected chi connectivity index (χ2v) is 4.38. The molecule has 1 aliphatic rings. The summed E-state index contributed by atoms with van der Waals surface area (Å²) in [5.41, 5.74) is 1.93. The van der Waals surface area contributed by atoms with Gasteiger partial charge in [-0.3, -0.25) is 0 Å². The lowest BCUT2D eigenvalue weighted by Gasteiger charge is -2.25. The molecule has 1 aliphatic heterocycles. The van der Waals surface area contributed by atoms with Crippen LogP contribution in [0.15, 0.2) is 12.1 Å². The summed E-state index contributed by atoms with van der Waals surface area (Å²) in [6.07, 6.45) is 3.57. The van der Waals surface area contributed by atoms with Crippen LogP contribution >= 0.6 is 0 Å². The van der Waals surface area contributed by atoms with Crippen molar-refractivity contribution in [3.05, 3.63) is 23.3 Å². The lowest BCUT2D eigenvalue weighted by Crippen LogP contribution is -2.27. The Morgan fingerprint density at radius 2 is 2.19 bits per heavy atom. The van der Waals surface area contributed by atoms with Gasteiger partial charge in [0.15, 0.2) is 0 Å². The van der Waals surface area contributed by atoms with E-state index in [1.807, 2.05) is 19.1 Å². The van der Waals surface area contributed by atoms with Gasteiger partial charge in [0.25, 0.3) is 0 Å². The molecule has 0 aromatic heterocycles. The van der Waals surface area contributed by atoms with Crippen molar-refractivity contribution in [2.24, 2.45) is 0 Å². The molecule has 0 aliphatic carbocycles. The monoisotopic (exact) mass is 221 g/mol. The number of phenolic OH excluding ortho intramolecular Hbond substituents is 1. The van der Waals surface area contributed by atoms with Gasteiger partial charge in [0.05, 0.1) is 7.11 Å². The van der Waals surface area contributed by atoms with Gasteiger partial charge in [0, 0.05) is 11.6 Å². The molecular formula is C13H19NO2. The second kappa shape index (κ2) is 4.74. The van der Waals surface area contributed by atoms with Gasteiger partial charge in [-0.1, -0.05) is 6.42 Å². The van der Waals surface area contributed by atoms with Crippen molar-refractivity contribution >= 4 is 0 Å². The van der Waals surface area contributed by atoms with Crippen LogP contribution in [0, 0.1) is 6.92 Å². The Hall–Kier alpha value is -1.22. The number of methoxy groups -OCH3 is 1. The summed E-state index contributed by atoms with van der Waals surface area (Å²) in [6, 6.07) is 4.05. The van der Waals surface area contributed by atoms with Gasteiger partial charge in [0.2, 0.25) is 0 Å². The lowest BCUT2D eigenvalue weighted by atomic mass is 9.95. The number of aryl methyl sites for hydroxylation is 1. The SMILES string of the molecule is COc1cc(C)c(O)cc1C1CCCCN1. The van der Waals surface area contributed by atoms with E-state index in [-0.39, 0.29) is 0 Å². The molecule has 1 unspecified atom stereocenters. The Balaban J connectivity index is 2.33. The number of ether oxygens (including phenoxy) is 1. The number of benzene rings is 1. The highest BCUT2D eigenvalue weighted by Gasteiger charge is 2.19. The highest BCUT2D eigenvalue weighted by Crippen LogP contribution is 2.34. The standard InChI is InChI=1S/C13H19NO2/c1-9-7-13(16-2)10(8-12(9)15)11-5-3-4-6-14-11/h7-8,11,14-15H,3-6H2,1-2H3. The van der Waals surface area contributed by atoms with E-state index in [9.17, 15) is 5.11 Å². The molecule has 3 heteroatoms. The highest BCUT2D eigenvalue weighted by molar-refractivity contribution is 5.46. The Kier molecular flexibility index (Phi) is 3.34. The summed E-state index contributed by atoms with van der Waals surface area (Å²) in [5, 5.41) is 13.2. The van der Waals surface area contributed by atoms with Crippen molar-refractivity contribution in [1.82, 2.24) is 5.32 Å². The number of nitrogens with one attached hydrogen (secondary N) is 1. The predicted molar refractivity (Wildman–Crippen MR) is 64.0 cm³/mol. The first-order chi connectivity index (χ1) is 7.72. The van der Waals surface area contributed by atoms with Crippen LogP contribution in [0.5, 0.6) is 11.5 Å². The van der Waals surface area contributed by atoms with Gasteiger partial charge >= 0.3 is 0 Å². The predicted octanol–water partition coefficient (Wildman–Crippen LogP) is 2.52. The number of rotatable bonds is 2. The molecule has 0 amide bonds. The zero-order valence-corrected chi connectivity index (χ0v) is 9.92. The zero-order chi connectivity index (χ0) is 11.5. The quantitative estimate of drug-likeness (QED) is 0.806. The van der Waals surface area contributed by atoms with Crippen LogP contribution in [0.2, 0.25) is 0 Å². The van der Waals surface area contributed by atoms with E-state index in [2.05, 4.69) is 5.32 Å². The average molecular weight is 221 g/mol. The Morgan fingerprint density at radius 1 is 1.38 bits per heavy atom. The largest absolute Gasteiger partial charge is 0.508 e. The summed E-state index contributed by atoms with van der Waals surface area (Å²) in [4.78, 5) is 0. The van der Waals surface area contributed by atoms with Crippen LogP contribution in [-0.4, -0.2) is 18.8 Å². The summed E-state index contributed by atoms with van der Waals surface area (Å²) in [5.74, 6) is 1.22. The fourth-order valence-corrected chi connectivity index (χ4v) is 2.25. The molecule has 1 saturated heterocycles. The fourth-order valence-electron chi connectivity index (χ4n) is 2.25. The molecule has 0 spiro atoms. The summed E-state index contributed by atoms with van der Waals surface area (Å²) >= 11 is 0. The minimum Gasteiger partial charge on any atom is -0.508 e. The van der Waals surface area contributed by atoms with E-state index in [1.165, 1.54) is 12.8 Å². The van der Waals surface area contributed by atoms with Crippen molar-refractivity contribution in [3.8, 4) is 11.5 Å². The zero-order valence-electron chi connectivity index (χ0n) is 9.92. The van der Waals surface area contributed by atoms with Gasteiger partial charge in [-0.25, -0.2) is 0 Å². The maximum absolute atomic E-state index is 9.77. The van der Waals surface area contributed by atoms with Crippen LogP contribution in [0.1, 0.15) is 36.4 Å². The third-order valence-electron chi connectivity index (χ3n) is 3.23. The number of phenols is 1. The van der Waals surface area contributed by atoms with Gasteiger partial charge in [-0.2, -0.15) is 0 Å². The van der Waals surface area contributed by atoms with Gasteiger partial charge in [-0.05, 0) is 44.0 Å². The second-order valence-electron chi connectivity index (χ2n) is 4.38. The Morgan fingerprint density at radius 3 is 2.81 bits per heavy atom. The molecular weight excluding hydrogens is 202 g/mol. The Bertz CT molecular complexity index is 370. The van der Waals surface area contributed by atoms with Crippen LogP contribution in [0.25, 0.3) is 0 Å². The van der Waals surface area contributed by atoms with Gasteiger partial charge in [-0.15, -0.1) is 0 Å². The van der Waals surface area contributed by atoms with Crippen LogP contribution in [0.4, 0.5) is 0 Å². The summed E-state index contributed by atoms with van der Waals surface area (Å²) < 4.78 is 5.38. The van der Waals surface area contributed by atoms with E-state index >= 15 is 0 Å². The molecule has 88 valence electrons. The van der Waals surface area contributed by atoms with Crippen molar-refractivity contribution in [1.29, 1.82) is 0 Å². The molecule has 0 saturated carbocycles. The van der Waals surface area contributed by atoms with Crippen LogP contribution in [0.3, 0.4) is 0 Å². The topological polar surface area (TPSA) is 41.5 Å². The van der Waals surface area contributed by atoms with Crippen molar-refractivity contribution in [2.75, 3.05) is 13.7 Å². The fraction of sp³-hybridized carbons (Fsp3) is 0.538. The smallest absolute Gasteiger partial charge is 0.124 e. The first-order valence-electron chi connectivity index (χ1n) is 5.83. The number of piperidine rings is 1. The summed E-state index contributed by atoms with van der Waals surface area (Å²) in [6.45, 7) is 2.93. The van der Waals surface area contributed by atoms with E-state index < -0.39 is 0 Å². The third kappa shape index (κ3) is 2.14. The first kappa shape index (κ1) is 11.3. The molecule has 1 aromatic rings. The van der Waals surface area contributed by atoms with Gasteiger partial charge in [0.1, 0.15) is 11.5 Å². The van der Waals surface area contributed by atoms with Crippen molar-refractivity contribution in [2.45, 2.75) is 32.2 Å². The van der Waals surface area contributed by atoms with Gasteiger partial charge < -0.3 is 15.2 Å². The first-order valence-corrected chi connectivity index (χ1v) is 5.83. The van der Waals surface area contributed by atoms with E-state index in [1.54, 1.807) is 7.11 Å². The van der Waals surface area contributed by atoms with Crippen LogP contribution in [-0.2, 0) is 0 Å². The molecule has 0 bridgehead atoms. The Labute approximate surface area is 96.4 Å². The molecule has 16 heavy (non-hydrogen) atoms. The normalized spacial score (nSPS) is 20.8. The number of hydrogen-bond donors (Lipinski definition) is 2. The number of hydrogen-bond acceptors (Lipinski definition) is 3. The molecule has 1 fully saturated rings. The molecule has 3 nitrogen and oxygen atoms in total. The average Bonchev–Trinajstić information content (AvgIpc) is 2.33. The molecule has 1 heterocycles. The van der Waals surface area contributed by atoms with E-state index in [0.717, 1.165) is 29.8 Å². The third-order valence-corrected chi connectivity index (χ3v) is 3.23. The van der Waals surface area contributed by atoms with Crippen LogP contribution < -0.4 is 10.1 Å². The minimum absolute atomic E-state index is 0.315. The molecule has 2 N–H and O–H groups in total. The van der Waals surface area contributed by atoms with Crippen molar-refractivity contribution < 1.29 is 9.84 Å². The maximum atomic E-state index is 9.77. The van der Waals surface area contributed by atoms with Crippen molar-refractivity contribution in [3.63, 3.8) is 0 Å². The lowest BCUT2D eigenvalue weighted by molar-refractivity contribution is 0.370. The minimum atomic E-state index is 0.315. The summed E-state index contributed by atoms with van der Waals surface area (Å²) in [7, 11) is 1.68. The molecule has 2 rings (SSSR count). The maximum Gasteiger partial charge on any atom is 0.124 e. The number of aromatic hydroxyl groups is 1. The van der Waals surface area contributed by atoms with E-state index in [0.29, 0.717) is 11.8 Å². The molecule has 1 aromatic carbocycles. The molecule has 1 atom stereocenters.